The first-order chi connectivity index (χ1) is 4.04. The second kappa shape index (κ2) is 2.72. The smallest absolute Gasteiger partial charge is 0.346 e. The number of alkyl halides is 2. The zero-order valence-corrected chi connectivity index (χ0v) is 4.82. The quantitative estimate of drug-likeness (QED) is 0.534. The van der Waals surface area contributed by atoms with Gasteiger partial charge in [-0.15, -0.1) is 0 Å². The van der Waals surface area contributed by atoms with Crippen molar-refractivity contribution in [2.75, 3.05) is 13.7 Å². The Labute approximate surface area is 50.7 Å². The highest BCUT2D eigenvalue weighted by Crippen LogP contribution is 2.10. The van der Waals surface area contributed by atoms with E-state index in [-0.39, 0.29) is 0 Å². The molecule has 54 valence electrons. The molecule has 3 nitrogen and oxygen atoms in total. The Morgan fingerprint density at radius 2 is 2.22 bits per heavy atom. The summed E-state index contributed by atoms with van der Waals surface area (Å²) in [7, 11) is 1.08. The van der Waals surface area contributed by atoms with Gasteiger partial charge >= 0.3 is 5.92 Å². The molecule has 0 heterocycles. The van der Waals surface area contributed by atoms with Crippen LogP contribution in [0.2, 0.25) is 0 Å². The molecule has 2 N–H and O–H groups in total. The van der Waals surface area contributed by atoms with Crippen LogP contribution in [0.5, 0.6) is 0 Å². The summed E-state index contributed by atoms with van der Waals surface area (Å²) < 4.78 is 23.8. The average Bonchev–Trinajstić information content (AvgIpc) is 1.86. The largest absolute Gasteiger partial charge is 0.390 e. The number of hydrogen-bond donors (Lipinski definition) is 2. The third kappa shape index (κ3) is 1.93. The number of aliphatic hydroxyl groups excluding tert-OH is 1. The van der Waals surface area contributed by atoms with Gasteiger partial charge in [0.25, 0.3) is 5.91 Å². The van der Waals surface area contributed by atoms with Crippen LogP contribution < -0.4 is 5.32 Å². The molecular weight excluding hydrogens is 132 g/mol. The van der Waals surface area contributed by atoms with Crippen molar-refractivity contribution in [3.05, 3.63) is 0 Å². The van der Waals surface area contributed by atoms with Crippen molar-refractivity contribution in [1.29, 1.82) is 0 Å². The lowest BCUT2D eigenvalue weighted by Crippen LogP contribution is -2.40. The van der Waals surface area contributed by atoms with Crippen LogP contribution in [0.15, 0.2) is 0 Å². The fraction of sp³-hybridized carbons (Fsp3) is 0.750. The minimum atomic E-state index is -3.64. The Morgan fingerprint density at radius 3 is 2.33 bits per heavy atom. The Morgan fingerprint density at radius 1 is 1.78 bits per heavy atom. The summed E-state index contributed by atoms with van der Waals surface area (Å²) in [5, 5.41) is 9.59. The fourth-order valence-electron chi connectivity index (χ4n) is 0.255. The Kier molecular flexibility index (Phi) is 2.51. The van der Waals surface area contributed by atoms with Crippen molar-refractivity contribution in [3.63, 3.8) is 0 Å². The van der Waals surface area contributed by atoms with E-state index in [1.54, 1.807) is 5.32 Å². The third-order valence-corrected chi connectivity index (χ3v) is 0.758. The van der Waals surface area contributed by atoms with Gasteiger partial charge in [0.2, 0.25) is 0 Å². The number of hydrogen-bond acceptors (Lipinski definition) is 2. The molecule has 0 spiro atoms. The molecule has 0 saturated heterocycles. The first-order valence-corrected chi connectivity index (χ1v) is 2.25. The van der Waals surface area contributed by atoms with Crippen molar-refractivity contribution in [2.24, 2.45) is 0 Å². The summed E-state index contributed by atoms with van der Waals surface area (Å²) in [5.41, 5.74) is 0. The number of nitrogens with one attached hydrogen (secondary N) is 1. The van der Waals surface area contributed by atoms with Crippen LogP contribution >= 0.6 is 0 Å². The highest BCUT2D eigenvalue weighted by molar-refractivity contribution is 5.83. The van der Waals surface area contributed by atoms with Gasteiger partial charge in [0.05, 0.1) is 0 Å². The zero-order chi connectivity index (χ0) is 7.49. The van der Waals surface area contributed by atoms with Crippen LogP contribution in [-0.2, 0) is 4.79 Å². The normalized spacial score (nSPS) is 11.1. The third-order valence-electron chi connectivity index (χ3n) is 0.758. The van der Waals surface area contributed by atoms with E-state index in [1.807, 2.05) is 0 Å². The Hall–Kier alpha value is -0.710. The molecule has 1 amide bonds. The molecule has 0 aromatic rings. The zero-order valence-electron chi connectivity index (χ0n) is 4.82. The molecule has 0 aliphatic carbocycles. The SMILES string of the molecule is CNC(=O)C(F)(F)CO. The monoisotopic (exact) mass is 139 g/mol. The highest BCUT2D eigenvalue weighted by Gasteiger charge is 2.36. The average molecular weight is 139 g/mol. The number of carbonyl (C=O) groups excluding carboxylic acids is 1. The summed E-state index contributed by atoms with van der Waals surface area (Å²) in [6, 6.07) is 0. The summed E-state index contributed by atoms with van der Waals surface area (Å²) in [4.78, 5) is 10.0. The molecule has 0 rings (SSSR count). The van der Waals surface area contributed by atoms with E-state index in [1.165, 1.54) is 0 Å². The van der Waals surface area contributed by atoms with Gasteiger partial charge in [0, 0.05) is 7.05 Å². The maximum atomic E-state index is 11.9. The van der Waals surface area contributed by atoms with Crippen molar-refractivity contribution in [3.8, 4) is 0 Å². The van der Waals surface area contributed by atoms with Crippen molar-refractivity contribution in [2.45, 2.75) is 5.92 Å². The molecule has 0 aromatic carbocycles. The minimum Gasteiger partial charge on any atom is -0.390 e. The summed E-state index contributed by atoms with van der Waals surface area (Å²) >= 11 is 0. The van der Waals surface area contributed by atoms with E-state index in [0.717, 1.165) is 7.05 Å². The predicted octanol–water partition coefficient (Wildman–Crippen LogP) is -0.640. The molecule has 0 aliphatic heterocycles. The number of amides is 1. The van der Waals surface area contributed by atoms with E-state index in [2.05, 4.69) is 0 Å². The lowest BCUT2D eigenvalue weighted by molar-refractivity contribution is -0.150. The number of halogens is 2. The minimum absolute atomic E-state index is 1.08. The van der Waals surface area contributed by atoms with Gasteiger partial charge in [-0.1, -0.05) is 0 Å². The van der Waals surface area contributed by atoms with E-state index in [4.69, 9.17) is 5.11 Å². The summed E-state index contributed by atoms with van der Waals surface area (Å²) in [6.07, 6.45) is 0. The van der Waals surface area contributed by atoms with Crippen LogP contribution in [0.25, 0.3) is 0 Å². The second-order valence-corrected chi connectivity index (χ2v) is 1.44. The summed E-state index contributed by atoms with van der Waals surface area (Å²) in [6.45, 7) is -1.45. The van der Waals surface area contributed by atoms with Crippen LogP contribution in [0.1, 0.15) is 0 Å². The first-order valence-electron chi connectivity index (χ1n) is 2.25. The molecule has 0 atom stereocenters. The molecular formula is C4H7F2NO2. The first kappa shape index (κ1) is 8.29. The molecule has 0 saturated carbocycles. The van der Waals surface area contributed by atoms with Crippen LogP contribution in [0.4, 0.5) is 8.78 Å². The topological polar surface area (TPSA) is 49.3 Å². The van der Waals surface area contributed by atoms with Crippen molar-refractivity contribution >= 4 is 5.91 Å². The lowest BCUT2D eigenvalue weighted by Gasteiger charge is -2.09. The summed E-state index contributed by atoms with van der Waals surface area (Å²) in [5.74, 6) is -5.11. The lowest BCUT2D eigenvalue weighted by atomic mass is 10.3. The van der Waals surface area contributed by atoms with Crippen molar-refractivity contribution in [1.82, 2.24) is 5.32 Å². The standard InChI is InChI=1S/C4H7F2NO2/c1-7-3(9)4(5,6)2-8/h8H,2H2,1H3,(H,7,9). The van der Waals surface area contributed by atoms with Gasteiger partial charge in [-0.2, -0.15) is 8.78 Å². The van der Waals surface area contributed by atoms with E-state index in [9.17, 15) is 13.6 Å². The van der Waals surface area contributed by atoms with Crippen LogP contribution in [-0.4, -0.2) is 30.6 Å². The van der Waals surface area contributed by atoms with Crippen LogP contribution in [0.3, 0.4) is 0 Å². The Balaban J connectivity index is 3.97. The van der Waals surface area contributed by atoms with Gasteiger partial charge in [0.15, 0.2) is 0 Å². The van der Waals surface area contributed by atoms with Gasteiger partial charge in [-0.05, 0) is 0 Å². The van der Waals surface area contributed by atoms with Gasteiger partial charge in [-0.25, -0.2) is 0 Å². The molecule has 0 aromatic heterocycles. The van der Waals surface area contributed by atoms with E-state index < -0.39 is 18.4 Å². The fourth-order valence-corrected chi connectivity index (χ4v) is 0.255. The van der Waals surface area contributed by atoms with E-state index >= 15 is 0 Å². The number of carbonyl (C=O) groups is 1. The van der Waals surface area contributed by atoms with Gasteiger partial charge in [0.1, 0.15) is 6.61 Å². The molecule has 0 radical (unpaired) electrons. The Bertz CT molecular complexity index is 115. The molecule has 5 heteroatoms. The number of rotatable bonds is 2. The molecule has 0 unspecified atom stereocenters. The highest BCUT2D eigenvalue weighted by atomic mass is 19.3. The van der Waals surface area contributed by atoms with Crippen LogP contribution in [0, 0.1) is 0 Å². The molecule has 0 aliphatic rings. The number of aliphatic hydroxyl groups is 1. The van der Waals surface area contributed by atoms with E-state index in [0.29, 0.717) is 0 Å². The van der Waals surface area contributed by atoms with Gasteiger partial charge < -0.3 is 10.4 Å². The van der Waals surface area contributed by atoms with Crippen molar-refractivity contribution < 1.29 is 18.7 Å². The predicted molar refractivity (Wildman–Crippen MR) is 26.1 cm³/mol. The molecule has 0 fully saturated rings. The van der Waals surface area contributed by atoms with Gasteiger partial charge in [-0.3, -0.25) is 4.79 Å². The second-order valence-electron chi connectivity index (χ2n) is 1.44. The molecule has 0 bridgehead atoms. The maximum absolute atomic E-state index is 11.9. The molecule has 9 heavy (non-hydrogen) atoms. The maximum Gasteiger partial charge on any atom is 0.346 e.